The smallest absolute Gasteiger partial charge is 0.418 e. The van der Waals surface area contributed by atoms with E-state index in [4.69, 9.17) is 5.26 Å². The fraction of sp³-hybridized carbons (Fsp3) is 0.0263. The van der Waals surface area contributed by atoms with Gasteiger partial charge in [0, 0.05) is 81.9 Å². The van der Waals surface area contributed by atoms with Crippen molar-refractivity contribution in [1.82, 2.24) is 79.7 Å². The predicted molar refractivity (Wildman–Crippen MR) is 253 cm³/mol. The molecule has 38 heteroatoms. The van der Waals surface area contributed by atoms with Crippen LogP contribution in [0.15, 0.2) is 168 Å². The van der Waals surface area contributed by atoms with E-state index in [1.807, 2.05) is 0 Å². The zero-order valence-electron chi connectivity index (χ0n) is 37.9. The van der Waals surface area contributed by atoms with E-state index in [1.165, 1.54) is 32.3 Å². The number of halogens is 8. The summed E-state index contributed by atoms with van der Waals surface area (Å²) in [7, 11) is -12.0. The van der Waals surface area contributed by atoms with Gasteiger partial charge in [-0.2, -0.15) is 5.26 Å². The van der Waals surface area contributed by atoms with Gasteiger partial charge in [-0.3, -0.25) is 0 Å². The van der Waals surface area contributed by atoms with Gasteiger partial charge in [0.05, 0.1) is 29.9 Å². The summed E-state index contributed by atoms with van der Waals surface area (Å²) in [6, 6.07) is 15.5. The van der Waals surface area contributed by atoms with Crippen molar-refractivity contribution in [3.05, 3.63) is 169 Å². The molecule has 25 nitrogen and oxygen atoms in total. The Labute approximate surface area is 458 Å². The summed E-state index contributed by atoms with van der Waals surface area (Å²) in [5, 5.41) is 22.9. The number of rotatable bonds is 12. The van der Waals surface area contributed by atoms with Crippen LogP contribution in [-0.2, 0) is 51.2 Å². The molecule has 8 aromatic rings. The van der Waals surface area contributed by atoms with Gasteiger partial charge in [0.2, 0.25) is 0 Å². The van der Waals surface area contributed by atoms with Crippen LogP contribution in [-0.4, -0.2) is 120 Å². The Morgan fingerprint density at radius 2 is 0.447 bits per heavy atom. The van der Waals surface area contributed by atoms with E-state index in [9.17, 15) is 34.5 Å². The minimum atomic E-state index is -6.00. The second-order valence-electron chi connectivity index (χ2n) is 11.1. The molecule has 403 valence electrons. The van der Waals surface area contributed by atoms with E-state index in [0.717, 1.165) is 0 Å². The first-order chi connectivity index (χ1) is 35.2. The van der Waals surface area contributed by atoms with E-state index >= 15 is 0 Å². The number of hydrogen-bond donors (Lipinski definition) is 0. The van der Waals surface area contributed by atoms with Crippen LogP contribution >= 0.6 is 0 Å². The van der Waals surface area contributed by atoms with Gasteiger partial charge >= 0.3 is 65.7 Å². The second kappa shape index (κ2) is 43.7. The van der Waals surface area contributed by atoms with Crippen molar-refractivity contribution < 1.29 is 85.7 Å². The zero-order chi connectivity index (χ0) is 53.1. The maximum absolute atomic E-state index is 9.75. The van der Waals surface area contributed by atoms with Crippen molar-refractivity contribution in [3.63, 3.8) is 0 Å². The molecule has 0 N–H and O–H groups in total. The van der Waals surface area contributed by atoms with Gasteiger partial charge in [-0.25, -0.2) is 39.9 Å². The van der Waals surface area contributed by atoms with Gasteiger partial charge in [-0.1, -0.05) is 0 Å². The van der Waals surface area contributed by atoms with Crippen molar-refractivity contribution >= 4 is 87.4 Å². The molecule has 0 aliphatic carbocycles. The fourth-order valence-electron chi connectivity index (χ4n) is 3.39. The largest absolute Gasteiger partial charge is 2.00 e. The van der Waals surface area contributed by atoms with Crippen molar-refractivity contribution in [2.24, 2.45) is 20.0 Å². The zero-order valence-corrected chi connectivity index (χ0v) is 40.8. The Kier molecular flexibility index (Phi) is 39.8. The van der Waals surface area contributed by atoms with Crippen molar-refractivity contribution in [2.45, 2.75) is 6.92 Å². The van der Waals surface area contributed by atoms with E-state index in [-0.39, 0.29) is 51.2 Å². The van der Waals surface area contributed by atoms with Gasteiger partial charge in [-0.05, 0) is 98.1 Å². The SMILES string of the molecule is C(=N\c1ncccn1)/[N-]c1ncccn1.C(=N\c1ncccn1)/[N-]c1ncccn1.C(=N\c1ncccn1)/[N-]c1ncccn1.C(=N\c1ncccn1)/[N-]c1ncccn1.CC#N.F[B-](F)(F)F.F[B-](F)(F)F.[Cu+2].[Cu+2].[Cu+2]. The molecule has 0 saturated heterocycles. The van der Waals surface area contributed by atoms with Gasteiger partial charge in [0.1, 0.15) is 0 Å². The van der Waals surface area contributed by atoms with Crippen LogP contribution in [0.3, 0.4) is 0 Å². The molecule has 76 heavy (non-hydrogen) atoms. The van der Waals surface area contributed by atoms with Crippen LogP contribution in [0.4, 0.5) is 82.1 Å². The molecule has 0 aliphatic rings. The number of aromatic nitrogens is 16. The normalized spacial score (nSPS) is 9.89. The summed E-state index contributed by atoms with van der Waals surface area (Å²) in [5.74, 6) is 2.87. The van der Waals surface area contributed by atoms with Crippen LogP contribution < -0.4 is 0 Å². The molecule has 0 fully saturated rings. The maximum atomic E-state index is 9.75. The van der Waals surface area contributed by atoms with Gasteiger partial charge < -0.3 is 116 Å². The Morgan fingerprint density at radius 3 is 0.579 bits per heavy atom. The Morgan fingerprint density at radius 1 is 0.329 bits per heavy atom. The summed E-state index contributed by atoms with van der Waals surface area (Å²) in [4.78, 5) is 78.0. The molecular formula is C38H31B2Cu3F8N25. The molecule has 8 heterocycles. The predicted octanol–water partition coefficient (Wildman–Crippen LogP) is 9.65. The van der Waals surface area contributed by atoms with Gasteiger partial charge in [-0.15, -0.1) is 0 Å². The molecule has 0 saturated carbocycles. The Bertz CT molecular complexity index is 2400. The van der Waals surface area contributed by atoms with Crippen LogP contribution in [0.1, 0.15) is 6.92 Å². The summed E-state index contributed by atoms with van der Waals surface area (Å²) in [5.41, 5.74) is 0. The third-order valence-corrected chi connectivity index (χ3v) is 5.80. The number of aliphatic imine (C=N–C) groups is 4. The molecule has 3 radical (unpaired) electrons. The first kappa shape index (κ1) is 69.2. The quantitative estimate of drug-likeness (QED) is 0.0475. The number of nitrogens with zero attached hydrogens (tertiary/aromatic N) is 25. The monoisotopic (exact) mass is 1200 g/mol. The van der Waals surface area contributed by atoms with E-state index < -0.39 is 14.5 Å². The molecule has 0 spiro atoms. The van der Waals surface area contributed by atoms with Crippen molar-refractivity contribution in [1.29, 1.82) is 5.26 Å². The topological polar surface area (TPSA) is 336 Å². The van der Waals surface area contributed by atoms with Crippen LogP contribution in [0.2, 0.25) is 0 Å². The molecule has 0 aromatic carbocycles. The molecule has 0 atom stereocenters. The first-order valence-electron chi connectivity index (χ1n) is 19.4. The molecule has 0 aliphatic heterocycles. The van der Waals surface area contributed by atoms with E-state index in [2.05, 4.69) is 121 Å². The number of hydrogen-bond acceptors (Lipinski definition) is 21. The van der Waals surface area contributed by atoms with Crippen molar-refractivity contribution in [3.8, 4) is 6.07 Å². The van der Waals surface area contributed by atoms with Crippen molar-refractivity contribution in [2.75, 3.05) is 0 Å². The van der Waals surface area contributed by atoms with Gasteiger partial charge in [0.25, 0.3) is 0 Å². The molecule has 8 rings (SSSR count). The molecular weight excluding hydrogens is 1170 g/mol. The minimum Gasteiger partial charge on any atom is -0.418 e. The Hall–Kier alpha value is -8.86. The minimum absolute atomic E-state index is 0. The summed E-state index contributed by atoms with van der Waals surface area (Å²) < 4.78 is 78.0. The van der Waals surface area contributed by atoms with E-state index in [1.54, 1.807) is 154 Å². The molecule has 0 amide bonds. The average molecular weight is 1200 g/mol. The van der Waals surface area contributed by atoms with Crippen LogP contribution in [0.5, 0.6) is 0 Å². The molecule has 0 bridgehead atoms. The van der Waals surface area contributed by atoms with Gasteiger partial charge in [0.15, 0.2) is 23.8 Å². The second-order valence-corrected chi connectivity index (χ2v) is 11.1. The third kappa shape index (κ3) is 42.8. The number of nitriles is 1. The third-order valence-electron chi connectivity index (χ3n) is 5.80. The summed E-state index contributed by atoms with van der Waals surface area (Å²) in [6.07, 6.45) is 31.1. The van der Waals surface area contributed by atoms with Crippen LogP contribution in [0, 0.1) is 11.3 Å². The van der Waals surface area contributed by atoms with Crippen LogP contribution in [0.25, 0.3) is 21.3 Å². The first-order valence-corrected chi connectivity index (χ1v) is 19.4. The molecule has 8 aromatic heterocycles. The average Bonchev–Trinajstić information content (AvgIpc) is 3.39. The molecule has 0 unspecified atom stereocenters. The fourth-order valence-corrected chi connectivity index (χ4v) is 3.39. The Balaban J connectivity index is 0. The summed E-state index contributed by atoms with van der Waals surface area (Å²) in [6.45, 7) is 1.43. The standard InChI is InChI=1S/4C9H7N6.C2H3N.2BF4.3Cu/c4*1-3-10-8(11-4-1)14-7-15-9-12-5-2-6-13-9;1-2-3;2*2-1(3,4)5;;;/h4*1-7H;1H3;;;;;/q4*-1;;2*-1;3*+2. The maximum Gasteiger partial charge on any atom is 2.00 e. The summed E-state index contributed by atoms with van der Waals surface area (Å²) >= 11 is 0. The van der Waals surface area contributed by atoms with E-state index in [0.29, 0.717) is 47.6 Å².